The third-order valence-electron chi connectivity index (χ3n) is 3.06. The molecule has 114 valence electrons. The van der Waals surface area contributed by atoms with Gasteiger partial charge < -0.3 is 21.4 Å². The van der Waals surface area contributed by atoms with Crippen molar-refractivity contribution in [1.82, 2.24) is 14.9 Å². The second-order valence-electron chi connectivity index (χ2n) is 4.52. The number of nitrogens with two attached hydrogens (primary N) is 2. The molecule has 1 aromatic rings. The van der Waals surface area contributed by atoms with Gasteiger partial charge in [0.1, 0.15) is 0 Å². The Labute approximate surface area is 118 Å². The molecule has 9 heteroatoms. The van der Waals surface area contributed by atoms with Crippen molar-refractivity contribution in [2.24, 2.45) is 18.5 Å². The summed E-state index contributed by atoms with van der Waals surface area (Å²) in [5.74, 6) is -0.401. The van der Waals surface area contributed by atoms with Crippen molar-refractivity contribution in [2.75, 3.05) is 13.6 Å². The zero-order valence-electron chi connectivity index (χ0n) is 11.6. The number of likely N-dealkylation sites (N-methyl/N-ethyl adjacent to an activating group) is 1. The molecule has 0 aliphatic heterocycles. The van der Waals surface area contributed by atoms with Gasteiger partial charge in [-0.2, -0.15) is 0 Å². The molecular weight excluding hydrogens is 282 g/mol. The van der Waals surface area contributed by atoms with Crippen molar-refractivity contribution in [3.8, 4) is 0 Å². The highest BCUT2D eigenvalue weighted by atomic mass is 32.2. The average molecular weight is 303 g/mol. The lowest BCUT2D eigenvalue weighted by Crippen LogP contribution is -2.43. The molecule has 0 bridgehead atoms. The molecule has 2 atom stereocenters. The van der Waals surface area contributed by atoms with Gasteiger partial charge in [-0.3, -0.25) is 4.79 Å². The fourth-order valence-corrected chi connectivity index (χ4v) is 3.81. The van der Waals surface area contributed by atoms with Crippen molar-refractivity contribution in [1.29, 1.82) is 0 Å². The molecule has 1 unspecified atom stereocenters. The number of hydrogen-bond donors (Lipinski definition) is 3. The monoisotopic (exact) mass is 303 g/mol. The number of sulfone groups is 1. The minimum Gasteiger partial charge on any atom is -0.358 e. The first kappa shape index (κ1) is 16.6. The van der Waals surface area contributed by atoms with Crippen LogP contribution in [0.4, 0.5) is 0 Å². The van der Waals surface area contributed by atoms with Crippen LogP contribution in [0.1, 0.15) is 12.8 Å². The van der Waals surface area contributed by atoms with Crippen LogP contribution in [0, 0.1) is 0 Å². The van der Waals surface area contributed by atoms with Gasteiger partial charge in [-0.1, -0.05) is 0 Å². The third kappa shape index (κ3) is 3.56. The van der Waals surface area contributed by atoms with E-state index >= 15 is 0 Å². The summed E-state index contributed by atoms with van der Waals surface area (Å²) in [5.41, 5.74) is 11.2. The summed E-state index contributed by atoms with van der Waals surface area (Å²) >= 11 is 0. The molecular formula is C11H21N5O3S. The Morgan fingerprint density at radius 1 is 1.55 bits per heavy atom. The van der Waals surface area contributed by atoms with Crippen molar-refractivity contribution in [2.45, 2.75) is 29.3 Å². The number of carbonyl (C=O) groups is 1. The van der Waals surface area contributed by atoms with Gasteiger partial charge in [0.05, 0.1) is 11.3 Å². The summed E-state index contributed by atoms with van der Waals surface area (Å²) in [6, 6.07) is -0.897. The number of amides is 1. The number of aryl methyl sites for hydroxylation is 1. The van der Waals surface area contributed by atoms with Crippen LogP contribution in [0.15, 0.2) is 17.6 Å². The standard InChI is InChI=1S/C11H21N5O3S/c1-14-10(17)9(13)7-8(3-4-12)20(18,19)11-15-5-6-16(11)2/h5-6,8-9H,3-4,7,12-13H2,1-2H3,(H,14,17)/t8?,9-/m0/s1. The van der Waals surface area contributed by atoms with Gasteiger partial charge >= 0.3 is 0 Å². The number of imidazole rings is 1. The number of rotatable bonds is 7. The highest BCUT2D eigenvalue weighted by Gasteiger charge is 2.33. The van der Waals surface area contributed by atoms with E-state index in [9.17, 15) is 13.2 Å². The van der Waals surface area contributed by atoms with Crippen molar-refractivity contribution in [3.05, 3.63) is 12.4 Å². The van der Waals surface area contributed by atoms with Crippen molar-refractivity contribution < 1.29 is 13.2 Å². The molecule has 8 nitrogen and oxygen atoms in total. The molecule has 0 fully saturated rings. The minimum absolute atomic E-state index is 0.00602. The van der Waals surface area contributed by atoms with E-state index in [-0.39, 0.29) is 24.5 Å². The van der Waals surface area contributed by atoms with Gasteiger partial charge in [0, 0.05) is 26.5 Å². The summed E-state index contributed by atoms with van der Waals surface area (Å²) < 4.78 is 26.5. The second-order valence-corrected chi connectivity index (χ2v) is 6.64. The van der Waals surface area contributed by atoms with E-state index in [1.807, 2.05) is 0 Å². The number of nitrogens with zero attached hydrogens (tertiary/aromatic N) is 2. The summed E-state index contributed by atoms with van der Waals surface area (Å²) in [4.78, 5) is 15.3. The maximum absolute atomic E-state index is 12.5. The summed E-state index contributed by atoms with van der Waals surface area (Å²) in [6.07, 6.45) is 3.18. The maximum atomic E-state index is 12.5. The first-order chi connectivity index (χ1) is 9.34. The predicted molar refractivity (Wildman–Crippen MR) is 74.5 cm³/mol. The Bertz CT molecular complexity index is 554. The predicted octanol–water partition coefficient (Wildman–Crippen LogP) is -1.63. The normalized spacial score (nSPS) is 14.8. The molecule has 1 heterocycles. The molecule has 20 heavy (non-hydrogen) atoms. The van der Waals surface area contributed by atoms with E-state index in [1.165, 1.54) is 17.8 Å². The highest BCUT2D eigenvalue weighted by Crippen LogP contribution is 2.19. The maximum Gasteiger partial charge on any atom is 0.236 e. The molecule has 0 spiro atoms. The molecule has 0 aliphatic carbocycles. The molecule has 5 N–H and O–H groups in total. The SMILES string of the molecule is CNC(=O)[C@@H](N)CC(CCN)S(=O)(=O)c1nccn1C. The zero-order valence-corrected chi connectivity index (χ0v) is 12.4. The largest absolute Gasteiger partial charge is 0.358 e. The number of aromatic nitrogens is 2. The van der Waals surface area contributed by atoms with Crippen LogP contribution in [0.2, 0.25) is 0 Å². The summed E-state index contributed by atoms with van der Waals surface area (Å²) in [5, 5.41) is 1.52. The Morgan fingerprint density at radius 3 is 2.65 bits per heavy atom. The van der Waals surface area contributed by atoms with E-state index < -0.39 is 27.0 Å². The molecule has 0 aliphatic rings. The Balaban J connectivity index is 3.02. The summed E-state index contributed by atoms with van der Waals surface area (Å²) in [6.45, 7) is 0.189. The van der Waals surface area contributed by atoms with Gasteiger partial charge in [0.15, 0.2) is 0 Å². The fourth-order valence-electron chi connectivity index (χ4n) is 1.94. The van der Waals surface area contributed by atoms with Gasteiger partial charge in [-0.25, -0.2) is 13.4 Å². The van der Waals surface area contributed by atoms with Crippen molar-refractivity contribution >= 4 is 15.7 Å². The van der Waals surface area contributed by atoms with E-state index in [0.717, 1.165) is 0 Å². The van der Waals surface area contributed by atoms with Crippen LogP contribution >= 0.6 is 0 Å². The van der Waals surface area contributed by atoms with E-state index in [1.54, 1.807) is 13.2 Å². The quantitative estimate of drug-likeness (QED) is 0.554. The minimum atomic E-state index is -3.68. The number of carbonyl (C=O) groups excluding carboxylic acids is 1. The molecule has 0 aromatic carbocycles. The molecule has 1 amide bonds. The fraction of sp³-hybridized carbons (Fsp3) is 0.636. The third-order valence-corrected chi connectivity index (χ3v) is 5.27. The summed E-state index contributed by atoms with van der Waals surface area (Å²) in [7, 11) is -0.628. The van der Waals surface area contributed by atoms with Gasteiger partial charge in [0.25, 0.3) is 0 Å². The molecule has 0 radical (unpaired) electrons. The molecule has 1 rings (SSSR count). The van der Waals surface area contributed by atoms with Crippen LogP contribution in [0.25, 0.3) is 0 Å². The lowest BCUT2D eigenvalue weighted by molar-refractivity contribution is -0.122. The topological polar surface area (TPSA) is 133 Å². The molecule has 1 aromatic heterocycles. The number of nitrogens with one attached hydrogen (secondary N) is 1. The lowest BCUT2D eigenvalue weighted by atomic mass is 10.1. The van der Waals surface area contributed by atoms with Crippen LogP contribution in [-0.2, 0) is 21.7 Å². The van der Waals surface area contributed by atoms with Crippen LogP contribution in [0.3, 0.4) is 0 Å². The lowest BCUT2D eigenvalue weighted by Gasteiger charge is -2.19. The van der Waals surface area contributed by atoms with E-state index in [0.29, 0.717) is 0 Å². The zero-order chi connectivity index (χ0) is 15.3. The van der Waals surface area contributed by atoms with E-state index in [4.69, 9.17) is 11.5 Å². The average Bonchev–Trinajstić information content (AvgIpc) is 2.84. The van der Waals surface area contributed by atoms with Crippen LogP contribution in [0.5, 0.6) is 0 Å². The Hall–Kier alpha value is -1.45. The van der Waals surface area contributed by atoms with Crippen LogP contribution in [-0.4, -0.2) is 48.8 Å². The van der Waals surface area contributed by atoms with Crippen LogP contribution < -0.4 is 16.8 Å². The van der Waals surface area contributed by atoms with Gasteiger partial charge in [0.2, 0.25) is 20.9 Å². The second kappa shape index (κ2) is 6.82. The van der Waals surface area contributed by atoms with Gasteiger partial charge in [-0.05, 0) is 19.4 Å². The first-order valence-electron chi connectivity index (χ1n) is 6.23. The molecule has 0 saturated carbocycles. The first-order valence-corrected chi connectivity index (χ1v) is 7.77. The Morgan fingerprint density at radius 2 is 2.20 bits per heavy atom. The smallest absolute Gasteiger partial charge is 0.236 e. The highest BCUT2D eigenvalue weighted by molar-refractivity contribution is 7.91. The molecule has 0 saturated heterocycles. The number of hydrogen-bond acceptors (Lipinski definition) is 6. The van der Waals surface area contributed by atoms with Crippen molar-refractivity contribution in [3.63, 3.8) is 0 Å². The van der Waals surface area contributed by atoms with Gasteiger partial charge in [-0.15, -0.1) is 0 Å². The Kier molecular flexibility index (Phi) is 5.66. The van der Waals surface area contributed by atoms with E-state index in [2.05, 4.69) is 10.3 Å².